The number of hydrogen-bond donors (Lipinski definition) is 1. The number of hydrogen-bond acceptors (Lipinski definition) is 4. The van der Waals surface area contributed by atoms with Crippen LogP contribution >= 0.6 is 0 Å². The van der Waals surface area contributed by atoms with Crippen LogP contribution in [-0.4, -0.2) is 55.0 Å². The van der Waals surface area contributed by atoms with E-state index in [9.17, 15) is 4.79 Å². The van der Waals surface area contributed by atoms with Gasteiger partial charge in [-0.1, -0.05) is 6.42 Å². The first kappa shape index (κ1) is 17.7. The zero-order valence-corrected chi connectivity index (χ0v) is 14.4. The first-order valence-corrected chi connectivity index (χ1v) is 8.91. The van der Waals surface area contributed by atoms with Gasteiger partial charge in [-0.15, -0.1) is 0 Å². The summed E-state index contributed by atoms with van der Waals surface area (Å²) in [5.74, 6) is -0.0810. The molecule has 128 valence electrons. The summed E-state index contributed by atoms with van der Waals surface area (Å²) in [6.45, 7) is 9.10. The topological polar surface area (TPSA) is 50.8 Å². The van der Waals surface area contributed by atoms with E-state index in [1.807, 2.05) is 18.7 Å². The summed E-state index contributed by atoms with van der Waals surface area (Å²) < 4.78 is 12.1. The van der Waals surface area contributed by atoms with Crippen molar-refractivity contribution < 1.29 is 14.3 Å². The van der Waals surface area contributed by atoms with Gasteiger partial charge in [-0.2, -0.15) is 0 Å². The second-order valence-electron chi connectivity index (χ2n) is 6.60. The molecule has 22 heavy (non-hydrogen) atoms. The SMILES string of the molecule is CCN(CC)C(=O)C[C@H](C)NC[C@@H]1COC2(CCCCC2)O1. The van der Waals surface area contributed by atoms with Crippen LogP contribution in [0, 0.1) is 0 Å². The minimum Gasteiger partial charge on any atom is -0.347 e. The van der Waals surface area contributed by atoms with E-state index < -0.39 is 0 Å². The van der Waals surface area contributed by atoms with Crippen molar-refractivity contribution in [3.8, 4) is 0 Å². The summed E-state index contributed by atoms with van der Waals surface area (Å²) in [4.78, 5) is 14.0. The first-order valence-electron chi connectivity index (χ1n) is 8.91. The normalized spacial score (nSPS) is 25.3. The molecule has 1 aliphatic carbocycles. The standard InChI is InChI=1S/C17H32N2O3/c1-4-19(5-2)16(20)11-14(3)18-12-15-13-21-17(22-15)9-7-6-8-10-17/h14-15,18H,4-13H2,1-3H3/t14-,15+/m0/s1. The van der Waals surface area contributed by atoms with Gasteiger partial charge in [0.15, 0.2) is 5.79 Å². The molecule has 1 amide bonds. The highest BCUT2D eigenvalue weighted by molar-refractivity contribution is 5.76. The van der Waals surface area contributed by atoms with Gasteiger partial charge in [0, 0.05) is 44.9 Å². The van der Waals surface area contributed by atoms with Crippen LogP contribution in [0.3, 0.4) is 0 Å². The summed E-state index contributed by atoms with van der Waals surface area (Å²) in [6.07, 6.45) is 6.41. The molecule has 2 fully saturated rings. The van der Waals surface area contributed by atoms with Gasteiger partial charge in [-0.3, -0.25) is 4.79 Å². The van der Waals surface area contributed by atoms with Gasteiger partial charge >= 0.3 is 0 Å². The van der Waals surface area contributed by atoms with E-state index in [0.29, 0.717) is 13.0 Å². The Kier molecular flexibility index (Phi) is 6.66. The van der Waals surface area contributed by atoms with Gasteiger partial charge in [0.1, 0.15) is 0 Å². The van der Waals surface area contributed by atoms with Gasteiger partial charge in [0.25, 0.3) is 0 Å². The molecule has 2 atom stereocenters. The van der Waals surface area contributed by atoms with Gasteiger partial charge in [0.05, 0.1) is 12.7 Å². The Morgan fingerprint density at radius 3 is 2.59 bits per heavy atom. The van der Waals surface area contributed by atoms with Crippen molar-refractivity contribution in [2.75, 3.05) is 26.2 Å². The zero-order valence-electron chi connectivity index (χ0n) is 14.4. The van der Waals surface area contributed by atoms with Crippen LogP contribution in [0.25, 0.3) is 0 Å². The lowest BCUT2D eigenvalue weighted by molar-refractivity contribution is -0.186. The van der Waals surface area contributed by atoms with E-state index in [4.69, 9.17) is 9.47 Å². The van der Waals surface area contributed by atoms with Crippen molar-refractivity contribution in [2.45, 2.75) is 77.2 Å². The number of nitrogens with one attached hydrogen (secondary N) is 1. The fourth-order valence-corrected chi connectivity index (χ4v) is 3.44. The fourth-order valence-electron chi connectivity index (χ4n) is 3.44. The number of ether oxygens (including phenoxy) is 2. The molecule has 0 aromatic rings. The quantitative estimate of drug-likeness (QED) is 0.784. The third-order valence-corrected chi connectivity index (χ3v) is 4.82. The van der Waals surface area contributed by atoms with Gasteiger partial charge in [0.2, 0.25) is 5.91 Å². The Hall–Kier alpha value is -0.650. The number of amides is 1. The molecule has 2 aliphatic rings. The lowest BCUT2D eigenvalue weighted by atomic mass is 9.94. The van der Waals surface area contributed by atoms with Crippen molar-refractivity contribution in [3.63, 3.8) is 0 Å². The monoisotopic (exact) mass is 312 g/mol. The van der Waals surface area contributed by atoms with Crippen LogP contribution in [0.15, 0.2) is 0 Å². The fraction of sp³-hybridized carbons (Fsp3) is 0.941. The molecule has 0 aromatic carbocycles. The third kappa shape index (κ3) is 4.67. The molecule has 0 unspecified atom stereocenters. The smallest absolute Gasteiger partial charge is 0.224 e. The molecule has 1 aliphatic heterocycles. The molecule has 1 saturated carbocycles. The van der Waals surface area contributed by atoms with E-state index in [2.05, 4.69) is 12.2 Å². The Labute approximate surface area is 134 Å². The highest BCUT2D eigenvalue weighted by Gasteiger charge is 2.42. The van der Waals surface area contributed by atoms with E-state index >= 15 is 0 Å². The molecule has 0 bridgehead atoms. The van der Waals surface area contributed by atoms with Crippen LogP contribution in [0.1, 0.15) is 59.3 Å². The number of nitrogens with zero attached hydrogens (tertiary/aromatic N) is 1. The molecular weight excluding hydrogens is 280 g/mol. The maximum atomic E-state index is 12.1. The van der Waals surface area contributed by atoms with Gasteiger partial charge in [-0.05, 0) is 33.6 Å². The average molecular weight is 312 g/mol. The predicted molar refractivity (Wildman–Crippen MR) is 86.7 cm³/mol. The molecule has 2 rings (SSSR count). The van der Waals surface area contributed by atoms with Crippen molar-refractivity contribution in [1.82, 2.24) is 10.2 Å². The maximum Gasteiger partial charge on any atom is 0.224 e. The minimum atomic E-state index is -0.301. The Balaban J connectivity index is 1.68. The maximum absolute atomic E-state index is 12.1. The molecule has 0 aromatic heterocycles. The van der Waals surface area contributed by atoms with Crippen molar-refractivity contribution >= 4 is 5.91 Å². The summed E-state index contributed by atoms with van der Waals surface area (Å²) >= 11 is 0. The summed E-state index contributed by atoms with van der Waals surface area (Å²) in [5, 5.41) is 3.43. The van der Waals surface area contributed by atoms with Crippen molar-refractivity contribution in [2.24, 2.45) is 0 Å². The minimum absolute atomic E-state index is 0.115. The Bertz CT molecular complexity index is 352. The second-order valence-corrected chi connectivity index (χ2v) is 6.60. The first-order chi connectivity index (χ1) is 10.6. The van der Waals surface area contributed by atoms with Crippen molar-refractivity contribution in [1.29, 1.82) is 0 Å². The lowest BCUT2D eigenvalue weighted by Crippen LogP contribution is -2.41. The van der Waals surface area contributed by atoms with E-state index in [1.54, 1.807) is 0 Å². The third-order valence-electron chi connectivity index (χ3n) is 4.82. The van der Waals surface area contributed by atoms with Gasteiger partial charge < -0.3 is 19.7 Å². The summed E-state index contributed by atoms with van der Waals surface area (Å²) in [5.41, 5.74) is 0. The van der Waals surface area contributed by atoms with Crippen LogP contribution < -0.4 is 5.32 Å². The molecule has 1 heterocycles. The molecule has 0 radical (unpaired) electrons. The molecule has 1 N–H and O–H groups in total. The van der Waals surface area contributed by atoms with E-state index in [-0.39, 0.29) is 23.8 Å². The van der Waals surface area contributed by atoms with E-state index in [1.165, 1.54) is 19.3 Å². The number of carbonyl (C=O) groups excluding carboxylic acids is 1. The molecule has 1 saturated heterocycles. The second kappa shape index (κ2) is 8.27. The van der Waals surface area contributed by atoms with Crippen molar-refractivity contribution in [3.05, 3.63) is 0 Å². The highest BCUT2D eigenvalue weighted by atomic mass is 16.7. The lowest BCUT2D eigenvalue weighted by Gasteiger charge is -2.31. The molecule has 5 heteroatoms. The van der Waals surface area contributed by atoms with Crippen LogP contribution in [0.5, 0.6) is 0 Å². The van der Waals surface area contributed by atoms with E-state index in [0.717, 1.165) is 32.5 Å². The summed E-state index contributed by atoms with van der Waals surface area (Å²) in [6, 6.07) is 0.166. The Morgan fingerprint density at radius 1 is 1.27 bits per heavy atom. The van der Waals surface area contributed by atoms with Crippen LogP contribution in [0.2, 0.25) is 0 Å². The summed E-state index contributed by atoms with van der Waals surface area (Å²) in [7, 11) is 0. The zero-order chi connectivity index (χ0) is 16.0. The number of carbonyl (C=O) groups is 1. The largest absolute Gasteiger partial charge is 0.347 e. The Morgan fingerprint density at radius 2 is 1.95 bits per heavy atom. The van der Waals surface area contributed by atoms with Crippen LogP contribution in [-0.2, 0) is 14.3 Å². The van der Waals surface area contributed by atoms with Crippen LogP contribution in [0.4, 0.5) is 0 Å². The van der Waals surface area contributed by atoms with Gasteiger partial charge in [-0.25, -0.2) is 0 Å². The number of rotatable bonds is 7. The molecule has 5 nitrogen and oxygen atoms in total. The molecular formula is C17H32N2O3. The molecule has 1 spiro atoms. The predicted octanol–water partition coefficient (Wildman–Crippen LogP) is 2.30. The average Bonchev–Trinajstić information content (AvgIpc) is 2.90. The highest BCUT2D eigenvalue weighted by Crippen LogP contribution is 2.37.